The molecule has 0 unspecified atom stereocenters. The SMILES string of the molecule is CCCCCC1=CC(=O)OCc2ccc(C)cc21. The summed E-state index contributed by atoms with van der Waals surface area (Å²) in [6, 6.07) is 6.30. The van der Waals surface area contributed by atoms with E-state index in [-0.39, 0.29) is 5.97 Å². The molecule has 0 N–H and O–H groups in total. The van der Waals surface area contributed by atoms with E-state index in [1.807, 2.05) is 0 Å². The Bertz CT molecular complexity index is 472. The predicted molar refractivity (Wildman–Crippen MR) is 73.1 cm³/mol. The van der Waals surface area contributed by atoms with E-state index in [0.29, 0.717) is 6.61 Å². The van der Waals surface area contributed by atoms with Gasteiger partial charge in [0.25, 0.3) is 0 Å². The van der Waals surface area contributed by atoms with Crippen LogP contribution in [0.4, 0.5) is 0 Å². The summed E-state index contributed by atoms with van der Waals surface area (Å²) in [6.07, 6.45) is 6.15. The second-order valence-electron chi connectivity index (χ2n) is 4.89. The topological polar surface area (TPSA) is 26.3 Å². The predicted octanol–water partition coefficient (Wildman–Crippen LogP) is 4.02. The molecular formula is C16H20O2. The van der Waals surface area contributed by atoms with Crippen molar-refractivity contribution in [3.05, 3.63) is 41.0 Å². The Labute approximate surface area is 109 Å². The summed E-state index contributed by atoms with van der Waals surface area (Å²) in [5.41, 5.74) is 4.67. The number of benzene rings is 1. The molecule has 0 aliphatic carbocycles. The Morgan fingerprint density at radius 3 is 2.89 bits per heavy atom. The first-order valence-corrected chi connectivity index (χ1v) is 6.68. The number of hydrogen-bond donors (Lipinski definition) is 0. The van der Waals surface area contributed by atoms with Gasteiger partial charge in [0.05, 0.1) is 0 Å². The molecule has 96 valence electrons. The summed E-state index contributed by atoms with van der Waals surface area (Å²) in [7, 11) is 0. The molecule has 1 heterocycles. The highest BCUT2D eigenvalue weighted by molar-refractivity contribution is 5.93. The number of aryl methyl sites for hydroxylation is 1. The third-order valence-corrected chi connectivity index (χ3v) is 3.32. The Morgan fingerprint density at radius 1 is 1.28 bits per heavy atom. The molecule has 1 aliphatic heterocycles. The van der Waals surface area contributed by atoms with Crippen LogP contribution in [0.2, 0.25) is 0 Å². The lowest BCUT2D eigenvalue weighted by molar-refractivity contribution is -0.138. The van der Waals surface area contributed by atoms with Gasteiger partial charge in [-0.1, -0.05) is 43.5 Å². The zero-order chi connectivity index (χ0) is 13.0. The monoisotopic (exact) mass is 244 g/mol. The molecule has 2 heteroatoms. The number of ether oxygens (including phenoxy) is 1. The Hall–Kier alpha value is -1.57. The lowest BCUT2D eigenvalue weighted by Gasteiger charge is -2.10. The van der Waals surface area contributed by atoms with E-state index >= 15 is 0 Å². The minimum Gasteiger partial charge on any atom is -0.458 e. The fraction of sp³-hybridized carbons (Fsp3) is 0.438. The smallest absolute Gasteiger partial charge is 0.331 e. The third-order valence-electron chi connectivity index (χ3n) is 3.32. The van der Waals surface area contributed by atoms with Gasteiger partial charge in [0.2, 0.25) is 0 Å². The summed E-state index contributed by atoms with van der Waals surface area (Å²) in [4.78, 5) is 11.6. The number of cyclic esters (lactones) is 1. The van der Waals surface area contributed by atoms with Crippen LogP contribution in [0, 0.1) is 6.92 Å². The van der Waals surface area contributed by atoms with Gasteiger partial charge in [-0.05, 0) is 36.5 Å². The van der Waals surface area contributed by atoms with Gasteiger partial charge in [-0.2, -0.15) is 0 Å². The molecule has 2 nitrogen and oxygen atoms in total. The van der Waals surface area contributed by atoms with Gasteiger partial charge in [0.15, 0.2) is 0 Å². The van der Waals surface area contributed by atoms with Crippen molar-refractivity contribution in [2.45, 2.75) is 46.1 Å². The first-order chi connectivity index (χ1) is 8.70. The normalized spacial score (nSPS) is 14.6. The zero-order valence-electron chi connectivity index (χ0n) is 11.2. The highest BCUT2D eigenvalue weighted by Crippen LogP contribution is 2.28. The highest BCUT2D eigenvalue weighted by Gasteiger charge is 2.15. The van der Waals surface area contributed by atoms with E-state index in [9.17, 15) is 4.79 Å². The number of allylic oxidation sites excluding steroid dienone is 1. The average Bonchev–Trinajstić information content (AvgIpc) is 2.50. The van der Waals surface area contributed by atoms with Crippen LogP contribution in [-0.4, -0.2) is 5.97 Å². The van der Waals surface area contributed by atoms with Gasteiger partial charge >= 0.3 is 5.97 Å². The summed E-state index contributed by atoms with van der Waals surface area (Å²) < 4.78 is 5.19. The van der Waals surface area contributed by atoms with Crippen LogP contribution in [0.5, 0.6) is 0 Å². The van der Waals surface area contributed by atoms with Gasteiger partial charge in [0, 0.05) is 6.08 Å². The van der Waals surface area contributed by atoms with Crippen molar-refractivity contribution in [3.8, 4) is 0 Å². The van der Waals surface area contributed by atoms with E-state index in [1.165, 1.54) is 24.0 Å². The molecule has 0 atom stereocenters. The molecule has 0 amide bonds. The minimum atomic E-state index is -0.213. The third kappa shape index (κ3) is 3.00. The van der Waals surface area contributed by atoms with Crippen molar-refractivity contribution in [2.75, 3.05) is 0 Å². The first-order valence-electron chi connectivity index (χ1n) is 6.68. The molecular weight excluding hydrogens is 224 g/mol. The number of hydrogen-bond acceptors (Lipinski definition) is 2. The molecule has 0 bridgehead atoms. The molecule has 0 saturated heterocycles. The van der Waals surface area contributed by atoms with Crippen molar-refractivity contribution in [3.63, 3.8) is 0 Å². The number of unbranched alkanes of at least 4 members (excludes halogenated alkanes) is 2. The molecule has 0 saturated carbocycles. The fourth-order valence-corrected chi connectivity index (χ4v) is 2.30. The lowest BCUT2D eigenvalue weighted by Crippen LogP contribution is -1.98. The second kappa shape index (κ2) is 5.85. The van der Waals surface area contributed by atoms with Gasteiger partial charge in [0.1, 0.15) is 6.61 Å². The standard InChI is InChI=1S/C16H20O2/c1-3-4-5-6-13-10-16(17)18-11-14-8-7-12(2)9-15(13)14/h7-10H,3-6,11H2,1-2H3. The molecule has 0 radical (unpaired) electrons. The number of fused-ring (bicyclic) bond motifs is 1. The molecule has 1 aromatic rings. The summed E-state index contributed by atoms with van der Waals surface area (Å²) in [6.45, 7) is 4.66. The first kappa shape index (κ1) is 12.9. The van der Waals surface area contributed by atoms with Gasteiger partial charge in [-0.3, -0.25) is 0 Å². The highest BCUT2D eigenvalue weighted by atomic mass is 16.5. The van der Waals surface area contributed by atoms with Crippen LogP contribution >= 0.6 is 0 Å². The molecule has 0 aromatic heterocycles. The van der Waals surface area contributed by atoms with E-state index in [0.717, 1.165) is 24.0 Å². The molecule has 1 aromatic carbocycles. The fourth-order valence-electron chi connectivity index (χ4n) is 2.30. The molecule has 2 rings (SSSR count). The van der Waals surface area contributed by atoms with E-state index in [4.69, 9.17) is 4.74 Å². The molecule has 18 heavy (non-hydrogen) atoms. The molecule has 0 fully saturated rings. The maximum Gasteiger partial charge on any atom is 0.331 e. The lowest BCUT2D eigenvalue weighted by atomic mass is 9.94. The number of carbonyl (C=O) groups excluding carboxylic acids is 1. The number of rotatable bonds is 4. The summed E-state index contributed by atoms with van der Waals surface area (Å²) in [5, 5.41) is 0. The number of esters is 1. The van der Waals surface area contributed by atoms with Crippen LogP contribution in [0.3, 0.4) is 0 Å². The van der Waals surface area contributed by atoms with Crippen LogP contribution in [0.1, 0.15) is 49.3 Å². The van der Waals surface area contributed by atoms with Crippen LogP contribution in [-0.2, 0) is 16.1 Å². The van der Waals surface area contributed by atoms with Crippen molar-refractivity contribution < 1.29 is 9.53 Å². The van der Waals surface area contributed by atoms with Crippen LogP contribution in [0.25, 0.3) is 5.57 Å². The Balaban J connectivity index is 2.29. The van der Waals surface area contributed by atoms with E-state index in [2.05, 4.69) is 32.0 Å². The van der Waals surface area contributed by atoms with E-state index < -0.39 is 0 Å². The zero-order valence-corrected chi connectivity index (χ0v) is 11.2. The Morgan fingerprint density at radius 2 is 2.11 bits per heavy atom. The van der Waals surface area contributed by atoms with Gasteiger partial charge in [-0.25, -0.2) is 4.79 Å². The Kier molecular flexibility index (Phi) is 4.19. The maximum atomic E-state index is 11.6. The summed E-state index contributed by atoms with van der Waals surface area (Å²) in [5.74, 6) is -0.213. The minimum absolute atomic E-state index is 0.213. The van der Waals surface area contributed by atoms with Crippen molar-refractivity contribution in [1.82, 2.24) is 0 Å². The van der Waals surface area contributed by atoms with Gasteiger partial charge in [-0.15, -0.1) is 0 Å². The molecule has 0 spiro atoms. The van der Waals surface area contributed by atoms with E-state index in [1.54, 1.807) is 6.08 Å². The van der Waals surface area contributed by atoms with Crippen LogP contribution < -0.4 is 0 Å². The van der Waals surface area contributed by atoms with Crippen molar-refractivity contribution in [1.29, 1.82) is 0 Å². The second-order valence-corrected chi connectivity index (χ2v) is 4.89. The van der Waals surface area contributed by atoms with Crippen LogP contribution in [0.15, 0.2) is 24.3 Å². The summed E-state index contributed by atoms with van der Waals surface area (Å²) >= 11 is 0. The molecule has 1 aliphatic rings. The van der Waals surface area contributed by atoms with Gasteiger partial charge < -0.3 is 4.74 Å². The average molecular weight is 244 g/mol. The quantitative estimate of drug-likeness (QED) is 0.590. The largest absolute Gasteiger partial charge is 0.458 e. The maximum absolute atomic E-state index is 11.6. The van der Waals surface area contributed by atoms with Crippen molar-refractivity contribution >= 4 is 11.5 Å². The van der Waals surface area contributed by atoms with Crippen molar-refractivity contribution in [2.24, 2.45) is 0 Å². The number of carbonyl (C=O) groups is 1.